The van der Waals surface area contributed by atoms with Crippen LogP contribution in [0.5, 0.6) is 0 Å². The fourth-order valence-electron chi connectivity index (χ4n) is 1.41. The van der Waals surface area contributed by atoms with Crippen LogP contribution in [0.3, 0.4) is 0 Å². The summed E-state index contributed by atoms with van der Waals surface area (Å²) in [5, 5.41) is 15.8. The molecule has 0 fully saturated rings. The van der Waals surface area contributed by atoms with Crippen LogP contribution in [-0.4, -0.2) is 22.2 Å². The molecule has 0 saturated heterocycles. The molecule has 0 bridgehead atoms. The third-order valence-corrected chi connectivity index (χ3v) is 3.07. The number of rotatable bonds is 3. The molecule has 124 valence electrons. The van der Waals surface area contributed by atoms with E-state index in [1.54, 1.807) is 5.57 Å². The zero-order valence-electron chi connectivity index (χ0n) is 14.1. The lowest BCUT2D eigenvalue weighted by Crippen LogP contribution is -2.04. The maximum atomic E-state index is 9.60. The fourth-order valence-corrected chi connectivity index (χ4v) is 1.41. The minimum atomic E-state index is -0.935. The first-order valence-corrected chi connectivity index (χ1v) is 7.07. The molecule has 0 heterocycles. The normalized spacial score (nSPS) is 15.8. The van der Waals surface area contributed by atoms with E-state index in [1.807, 2.05) is 0 Å². The molecule has 4 nitrogen and oxygen atoms in total. The van der Waals surface area contributed by atoms with E-state index in [-0.39, 0.29) is 11.1 Å². The van der Waals surface area contributed by atoms with Crippen molar-refractivity contribution in [2.75, 3.05) is 0 Å². The van der Waals surface area contributed by atoms with Gasteiger partial charge in [0.1, 0.15) is 0 Å². The van der Waals surface area contributed by atoms with Gasteiger partial charge in [0.25, 0.3) is 0 Å². The molecule has 0 amide bonds. The third-order valence-electron chi connectivity index (χ3n) is 3.07. The lowest BCUT2D eigenvalue weighted by Gasteiger charge is -2.19. The Bertz CT molecular complexity index is 421. The van der Waals surface area contributed by atoms with Gasteiger partial charge in [0.05, 0.1) is 0 Å². The van der Waals surface area contributed by atoms with Gasteiger partial charge in [0, 0.05) is 11.1 Å². The number of allylic oxidation sites excluding steroid dienone is 3. The van der Waals surface area contributed by atoms with Crippen molar-refractivity contribution in [2.45, 2.75) is 47.0 Å². The first kappa shape index (κ1) is 22.2. The average molecular weight is 308 g/mol. The SMILES string of the molecule is C=C(C)C(=O)O.C=C(C)C(=O)O.C=C(C)C1CC=C(C)CC1. The van der Waals surface area contributed by atoms with Gasteiger partial charge in [-0.1, -0.05) is 37.0 Å². The van der Waals surface area contributed by atoms with Crippen LogP contribution in [0.15, 0.2) is 48.1 Å². The van der Waals surface area contributed by atoms with Gasteiger partial charge in [0.15, 0.2) is 0 Å². The van der Waals surface area contributed by atoms with Crippen LogP contribution >= 0.6 is 0 Å². The fraction of sp³-hybridized carbons (Fsp3) is 0.444. The van der Waals surface area contributed by atoms with Gasteiger partial charge < -0.3 is 10.2 Å². The molecule has 0 saturated carbocycles. The second-order valence-corrected chi connectivity index (χ2v) is 5.54. The molecule has 0 radical (unpaired) electrons. The highest BCUT2D eigenvalue weighted by molar-refractivity contribution is 5.85. The van der Waals surface area contributed by atoms with Crippen LogP contribution < -0.4 is 0 Å². The summed E-state index contributed by atoms with van der Waals surface area (Å²) >= 11 is 0. The molecule has 2 N–H and O–H groups in total. The Balaban J connectivity index is 0. The Morgan fingerprint density at radius 1 is 1.05 bits per heavy atom. The average Bonchev–Trinajstić information content (AvgIpc) is 2.40. The van der Waals surface area contributed by atoms with Gasteiger partial charge >= 0.3 is 11.9 Å². The van der Waals surface area contributed by atoms with E-state index < -0.39 is 11.9 Å². The van der Waals surface area contributed by atoms with Crippen molar-refractivity contribution in [3.8, 4) is 0 Å². The third kappa shape index (κ3) is 12.9. The predicted octanol–water partition coefficient (Wildman–Crippen LogP) is 4.60. The van der Waals surface area contributed by atoms with E-state index in [2.05, 4.69) is 39.7 Å². The van der Waals surface area contributed by atoms with Crippen LogP contribution in [0.25, 0.3) is 0 Å². The zero-order valence-corrected chi connectivity index (χ0v) is 14.1. The molecule has 0 aliphatic heterocycles. The molecule has 22 heavy (non-hydrogen) atoms. The van der Waals surface area contributed by atoms with Gasteiger partial charge in [-0.05, 0) is 52.9 Å². The van der Waals surface area contributed by atoms with E-state index in [1.165, 1.54) is 38.7 Å². The number of carbonyl (C=O) groups is 2. The lowest BCUT2D eigenvalue weighted by atomic mass is 9.86. The van der Waals surface area contributed by atoms with E-state index >= 15 is 0 Å². The van der Waals surface area contributed by atoms with E-state index in [9.17, 15) is 9.59 Å². The minimum Gasteiger partial charge on any atom is -0.478 e. The van der Waals surface area contributed by atoms with Crippen LogP contribution in [-0.2, 0) is 9.59 Å². The summed E-state index contributed by atoms with van der Waals surface area (Å²) in [6.45, 7) is 17.5. The standard InChI is InChI=1S/C10H16.2C4H6O2/c1-8(2)10-6-4-9(3)5-7-10;2*1-3(2)4(5)6/h4,10H,1,5-7H2,2-3H3;2*1H2,2H3,(H,5,6). The number of hydrogen-bond donors (Lipinski definition) is 2. The van der Waals surface area contributed by atoms with E-state index in [4.69, 9.17) is 10.2 Å². The smallest absolute Gasteiger partial charge is 0.330 e. The first-order chi connectivity index (χ1) is 9.98. The van der Waals surface area contributed by atoms with E-state index in [0.717, 1.165) is 5.92 Å². The Kier molecular flexibility index (Phi) is 11.6. The Labute approximate surface area is 133 Å². The minimum absolute atomic E-state index is 0.176. The van der Waals surface area contributed by atoms with Crippen molar-refractivity contribution in [2.24, 2.45) is 5.92 Å². The molecule has 0 aromatic heterocycles. The molecule has 1 unspecified atom stereocenters. The summed E-state index contributed by atoms with van der Waals surface area (Å²) in [6.07, 6.45) is 6.17. The number of carboxylic acids is 2. The maximum Gasteiger partial charge on any atom is 0.330 e. The lowest BCUT2D eigenvalue weighted by molar-refractivity contribution is -0.133. The van der Waals surface area contributed by atoms with Crippen molar-refractivity contribution in [1.29, 1.82) is 0 Å². The molecule has 1 aliphatic rings. The van der Waals surface area contributed by atoms with Crippen molar-refractivity contribution >= 4 is 11.9 Å². The monoisotopic (exact) mass is 308 g/mol. The predicted molar refractivity (Wildman–Crippen MR) is 90.8 cm³/mol. The summed E-state index contributed by atoms with van der Waals surface area (Å²) in [4.78, 5) is 19.2. The van der Waals surface area contributed by atoms with Crippen LogP contribution in [0.2, 0.25) is 0 Å². The highest BCUT2D eigenvalue weighted by Gasteiger charge is 2.11. The second kappa shape index (κ2) is 11.5. The Morgan fingerprint density at radius 2 is 1.41 bits per heavy atom. The Morgan fingerprint density at radius 3 is 1.59 bits per heavy atom. The number of aliphatic carboxylic acids is 2. The highest BCUT2D eigenvalue weighted by Crippen LogP contribution is 2.27. The Hall–Kier alpha value is -2.10. The summed E-state index contributed by atoms with van der Waals surface area (Å²) in [7, 11) is 0. The van der Waals surface area contributed by atoms with Crippen molar-refractivity contribution < 1.29 is 19.8 Å². The highest BCUT2D eigenvalue weighted by atomic mass is 16.4. The maximum absolute atomic E-state index is 9.60. The molecule has 4 heteroatoms. The summed E-state index contributed by atoms with van der Waals surface area (Å²) in [5.74, 6) is -1.10. The molecule has 0 spiro atoms. The molecule has 1 atom stereocenters. The van der Waals surface area contributed by atoms with Crippen LogP contribution in [0, 0.1) is 5.92 Å². The summed E-state index contributed by atoms with van der Waals surface area (Å²) in [6, 6.07) is 0. The molecule has 1 aliphatic carbocycles. The molecule has 1 rings (SSSR count). The van der Waals surface area contributed by atoms with Crippen molar-refractivity contribution in [3.05, 3.63) is 48.1 Å². The summed E-state index contributed by atoms with van der Waals surface area (Å²) in [5.41, 5.74) is 3.26. The van der Waals surface area contributed by atoms with Gasteiger partial charge in [-0.3, -0.25) is 0 Å². The number of carboxylic acid groups (broad SMARTS) is 2. The quantitative estimate of drug-likeness (QED) is 0.590. The first-order valence-electron chi connectivity index (χ1n) is 7.07. The zero-order chi connectivity index (χ0) is 17.9. The largest absolute Gasteiger partial charge is 0.478 e. The van der Waals surface area contributed by atoms with Gasteiger partial charge in [-0.15, -0.1) is 0 Å². The van der Waals surface area contributed by atoms with E-state index in [0.29, 0.717) is 0 Å². The van der Waals surface area contributed by atoms with Gasteiger partial charge in [-0.25, -0.2) is 9.59 Å². The molecular formula is C18H28O4. The van der Waals surface area contributed by atoms with Gasteiger partial charge in [-0.2, -0.15) is 0 Å². The van der Waals surface area contributed by atoms with Crippen LogP contribution in [0.4, 0.5) is 0 Å². The second-order valence-electron chi connectivity index (χ2n) is 5.54. The van der Waals surface area contributed by atoms with Gasteiger partial charge in [0.2, 0.25) is 0 Å². The van der Waals surface area contributed by atoms with Crippen LogP contribution in [0.1, 0.15) is 47.0 Å². The van der Waals surface area contributed by atoms with Crippen molar-refractivity contribution in [1.82, 2.24) is 0 Å². The molecule has 0 aromatic carbocycles. The topological polar surface area (TPSA) is 74.6 Å². The number of hydrogen-bond acceptors (Lipinski definition) is 2. The summed E-state index contributed by atoms with van der Waals surface area (Å²) < 4.78 is 0. The molecular weight excluding hydrogens is 280 g/mol. The molecule has 0 aromatic rings. The van der Waals surface area contributed by atoms with Crippen molar-refractivity contribution in [3.63, 3.8) is 0 Å².